The summed E-state index contributed by atoms with van der Waals surface area (Å²) < 4.78 is 0. The highest BCUT2D eigenvalue weighted by Gasteiger charge is 2.32. The molecule has 1 aromatic heterocycles. The Morgan fingerprint density at radius 3 is 2.89 bits per heavy atom. The summed E-state index contributed by atoms with van der Waals surface area (Å²) in [5.41, 5.74) is 9.19. The second-order valence-electron chi connectivity index (χ2n) is 5.55. The molecule has 1 saturated heterocycles. The van der Waals surface area contributed by atoms with E-state index in [1.807, 2.05) is 16.8 Å². The van der Waals surface area contributed by atoms with Crippen molar-refractivity contribution in [2.24, 2.45) is 11.7 Å². The van der Waals surface area contributed by atoms with Crippen LogP contribution in [0.15, 0.2) is 5.51 Å². The van der Waals surface area contributed by atoms with Crippen LogP contribution in [0.25, 0.3) is 0 Å². The Hall–Kier alpha value is -0.160. The van der Waals surface area contributed by atoms with E-state index in [1.54, 1.807) is 0 Å². The molecule has 2 N–H and O–H groups in total. The molecule has 2 unspecified atom stereocenters. The molecule has 2 atom stereocenters. The maximum atomic E-state index is 5.78. The van der Waals surface area contributed by atoms with Crippen LogP contribution in [-0.4, -0.2) is 29.0 Å². The largest absolute Gasteiger partial charge is 0.330 e. The monoisotopic (exact) mass is 287 g/mol. The number of aromatic nitrogens is 1. The van der Waals surface area contributed by atoms with Gasteiger partial charge in [0.25, 0.3) is 0 Å². The molecule has 1 aromatic rings. The van der Waals surface area contributed by atoms with Crippen LogP contribution in [0.1, 0.15) is 42.7 Å². The van der Waals surface area contributed by atoms with Gasteiger partial charge < -0.3 is 5.73 Å². The van der Waals surface area contributed by atoms with Crippen molar-refractivity contribution in [3.8, 4) is 0 Å². The van der Waals surface area contributed by atoms with Crippen molar-refractivity contribution >= 4 is 23.7 Å². The minimum Gasteiger partial charge on any atom is -0.330 e. The fourth-order valence-corrected chi connectivity index (χ4v) is 3.75. The van der Waals surface area contributed by atoms with Gasteiger partial charge in [-0.25, -0.2) is 4.98 Å². The first-order valence-electron chi connectivity index (χ1n) is 6.64. The van der Waals surface area contributed by atoms with Gasteiger partial charge in [0, 0.05) is 29.9 Å². The van der Waals surface area contributed by atoms with Gasteiger partial charge in [-0.05, 0) is 38.6 Å². The average molecular weight is 288 g/mol. The zero-order chi connectivity index (χ0) is 11.8. The summed E-state index contributed by atoms with van der Waals surface area (Å²) in [6.07, 6.45) is 3.95. The van der Waals surface area contributed by atoms with E-state index in [0.717, 1.165) is 19.0 Å². The summed E-state index contributed by atoms with van der Waals surface area (Å²) in [6.45, 7) is 5.42. The number of thiazole rings is 1. The first-order chi connectivity index (χ1) is 8.28. The van der Waals surface area contributed by atoms with E-state index in [1.165, 1.54) is 36.4 Å². The van der Waals surface area contributed by atoms with Gasteiger partial charge in [-0.15, -0.1) is 23.7 Å². The lowest BCUT2D eigenvalue weighted by atomic mass is 10.1. The van der Waals surface area contributed by atoms with Crippen molar-refractivity contribution in [3.63, 3.8) is 0 Å². The van der Waals surface area contributed by atoms with Crippen molar-refractivity contribution in [1.29, 1.82) is 0 Å². The predicted octanol–water partition coefficient (Wildman–Crippen LogP) is 2.61. The minimum atomic E-state index is 0. The van der Waals surface area contributed by atoms with Gasteiger partial charge in [0.05, 0.1) is 11.2 Å². The van der Waals surface area contributed by atoms with E-state index in [0.29, 0.717) is 12.0 Å². The van der Waals surface area contributed by atoms with Crippen LogP contribution in [0.5, 0.6) is 0 Å². The van der Waals surface area contributed by atoms with Crippen molar-refractivity contribution in [2.75, 3.05) is 13.1 Å². The number of likely N-dealkylation sites (tertiary alicyclic amines) is 1. The fourth-order valence-electron chi connectivity index (χ4n) is 2.88. The van der Waals surface area contributed by atoms with Crippen LogP contribution >= 0.6 is 23.7 Å². The Balaban J connectivity index is 0.00000120. The van der Waals surface area contributed by atoms with Gasteiger partial charge in [0.15, 0.2) is 0 Å². The Morgan fingerprint density at radius 2 is 2.28 bits per heavy atom. The summed E-state index contributed by atoms with van der Waals surface area (Å²) in [6, 6.07) is 0.678. The van der Waals surface area contributed by atoms with E-state index in [4.69, 9.17) is 5.73 Å². The molecular weight excluding hydrogens is 266 g/mol. The lowest BCUT2D eigenvalue weighted by Gasteiger charge is -2.20. The number of halogens is 1. The van der Waals surface area contributed by atoms with Crippen LogP contribution < -0.4 is 5.73 Å². The van der Waals surface area contributed by atoms with Crippen molar-refractivity contribution < 1.29 is 0 Å². The lowest BCUT2D eigenvalue weighted by Crippen LogP contribution is -2.27. The minimum absolute atomic E-state index is 0. The Kier molecular flexibility index (Phi) is 4.64. The van der Waals surface area contributed by atoms with E-state index in [9.17, 15) is 0 Å². The third-order valence-corrected chi connectivity index (χ3v) is 4.94. The van der Waals surface area contributed by atoms with E-state index < -0.39 is 0 Å². The highest BCUT2D eigenvalue weighted by molar-refractivity contribution is 7.09. The quantitative estimate of drug-likeness (QED) is 0.926. The second kappa shape index (κ2) is 5.87. The molecule has 0 spiro atoms. The maximum absolute atomic E-state index is 5.78. The molecule has 1 aliphatic carbocycles. The molecular formula is C13H22ClN3S. The molecule has 2 fully saturated rings. The van der Waals surface area contributed by atoms with Gasteiger partial charge in [-0.3, -0.25) is 4.90 Å². The number of hydrogen-bond acceptors (Lipinski definition) is 4. The molecule has 5 heteroatoms. The van der Waals surface area contributed by atoms with E-state index in [2.05, 4.69) is 16.8 Å². The topological polar surface area (TPSA) is 42.1 Å². The third-order valence-electron chi connectivity index (χ3n) is 4.11. The maximum Gasteiger partial charge on any atom is 0.0798 e. The standard InChI is InChI=1S/C13H21N3S.ClH/c1-9-4-10(5-14)6-16(9)7-12-13(11-2-3-11)15-8-17-12;/h8-11H,2-7,14H2,1H3;1H. The molecule has 0 radical (unpaired) electrons. The first-order valence-corrected chi connectivity index (χ1v) is 7.52. The van der Waals surface area contributed by atoms with Crippen molar-refractivity contribution in [2.45, 2.75) is 44.7 Å². The van der Waals surface area contributed by atoms with Gasteiger partial charge in [-0.2, -0.15) is 0 Å². The molecule has 102 valence electrons. The molecule has 2 heterocycles. The molecule has 2 aliphatic rings. The summed E-state index contributed by atoms with van der Waals surface area (Å²) >= 11 is 1.83. The number of nitrogens with zero attached hydrogens (tertiary/aromatic N) is 2. The molecule has 3 nitrogen and oxygen atoms in total. The molecule has 0 aromatic carbocycles. The van der Waals surface area contributed by atoms with Crippen LogP contribution in [0.2, 0.25) is 0 Å². The third kappa shape index (κ3) is 2.87. The highest BCUT2D eigenvalue weighted by Crippen LogP contribution is 2.42. The van der Waals surface area contributed by atoms with Crippen molar-refractivity contribution in [3.05, 3.63) is 16.1 Å². The SMILES string of the molecule is CC1CC(CN)CN1Cc1scnc1C1CC1.Cl. The summed E-state index contributed by atoms with van der Waals surface area (Å²) in [7, 11) is 0. The Labute approximate surface area is 119 Å². The Bertz CT molecular complexity index is 391. The predicted molar refractivity (Wildman–Crippen MR) is 78.4 cm³/mol. The molecule has 1 saturated carbocycles. The summed E-state index contributed by atoms with van der Waals surface area (Å²) in [5, 5.41) is 0. The molecule has 1 aliphatic heterocycles. The van der Waals surface area contributed by atoms with Crippen LogP contribution in [-0.2, 0) is 6.54 Å². The number of rotatable bonds is 4. The van der Waals surface area contributed by atoms with Crippen molar-refractivity contribution in [1.82, 2.24) is 9.88 Å². The fraction of sp³-hybridized carbons (Fsp3) is 0.769. The lowest BCUT2D eigenvalue weighted by molar-refractivity contribution is 0.257. The highest BCUT2D eigenvalue weighted by atomic mass is 35.5. The smallest absolute Gasteiger partial charge is 0.0798 e. The van der Waals surface area contributed by atoms with Crippen LogP contribution in [0, 0.1) is 5.92 Å². The normalized spacial score (nSPS) is 28.3. The van der Waals surface area contributed by atoms with Gasteiger partial charge >= 0.3 is 0 Å². The van der Waals surface area contributed by atoms with Gasteiger partial charge in [0.1, 0.15) is 0 Å². The molecule has 0 bridgehead atoms. The summed E-state index contributed by atoms with van der Waals surface area (Å²) in [5.74, 6) is 1.47. The Morgan fingerprint density at radius 1 is 1.50 bits per heavy atom. The van der Waals surface area contributed by atoms with E-state index in [-0.39, 0.29) is 12.4 Å². The van der Waals surface area contributed by atoms with Gasteiger partial charge in [-0.1, -0.05) is 0 Å². The number of nitrogens with two attached hydrogens (primary N) is 1. The van der Waals surface area contributed by atoms with Gasteiger partial charge in [0.2, 0.25) is 0 Å². The zero-order valence-corrected chi connectivity index (χ0v) is 12.5. The molecule has 0 amide bonds. The molecule has 3 rings (SSSR count). The molecule has 18 heavy (non-hydrogen) atoms. The summed E-state index contributed by atoms with van der Waals surface area (Å²) in [4.78, 5) is 8.63. The van der Waals surface area contributed by atoms with Crippen LogP contribution in [0.3, 0.4) is 0 Å². The zero-order valence-electron chi connectivity index (χ0n) is 10.8. The average Bonchev–Trinajstić information content (AvgIpc) is 2.97. The second-order valence-corrected chi connectivity index (χ2v) is 6.49. The number of hydrogen-bond donors (Lipinski definition) is 1. The first kappa shape index (κ1) is 14.3. The van der Waals surface area contributed by atoms with E-state index >= 15 is 0 Å². The van der Waals surface area contributed by atoms with Crippen LogP contribution in [0.4, 0.5) is 0 Å².